The van der Waals surface area contributed by atoms with Crippen molar-refractivity contribution in [2.45, 2.75) is 19.9 Å². The summed E-state index contributed by atoms with van der Waals surface area (Å²) >= 11 is 1.92. The summed E-state index contributed by atoms with van der Waals surface area (Å²) in [5.41, 5.74) is 1.56. The maximum absolute atomic E-state index is 3.25. The lowest BCUT2D eigenvalue weighted by Crippen LogP contribution is -2.35. The highest BCUT2D eigenvalue weighted by molar-refractivity contribution is 7.10. The molecule has 0 saturated carbocycles. The summed E-state index contributed by atoms with van der Waals surface area (Å²) in [6, 6.07) is 2.29. The van der Waals surface area contributed by atoms with Crippen LogP contribution in [0.1, 0.15) is 17.4 Å². The fraction of sp³-hybridized carbons (Fsp3) is 0.667. The Morgan fingerprint density at radius 1 is 1.60 bits per heavy atom. The molecule has 84 valence electrons. The third-order valence-corrected chi connectivity index (χ3v) is 4.03. The second kappa shape index (κ2) is 5.10. The van der Waals surface area contributed by atoms with E-state index in [2.05, 4.69) is 28.6 Å². The van der Waals surface area contributed by atoms with Crippen LogP contribution in [0.2, 0.25) is 0 Å². The molecule has 0 spiro atoms. The molecule has 0 fully saturated rings. The van der Waals surface area contributed by atoms with Gasteiger partial charge in [-0.15, -0.1) is 11.3 Å². The molecule has 0 saturated heterocycles. The fourth-order valence-corrected chi connectivity index (χ4v) is 3.21. The van der Waals surface area contributed by atoms with Crippen LogP contribution in [-0.2, 0) is 13.0 Å². The lowest BCUT2D eigenvalue weighted by atomic mass is 10.1. The average molecular weight is 224 g/mol. The van der Waals surface area contributed by atoms with E-state index in [0.29, 0.717) is 0 Å². The molecule has 15 heavy (non-hydrogen) atoms. The summed E-state index contributed by atoms with van der Waals surface area (Å²) in [5, 5.41) is 5.47. The monoisotopic (exact) mass is 224 g/mol. The highest BCUT2D eigenvalue weighted by Crippen LogP contribution is 2.24. The predicted molar refractivity (Wildman–Crippen MR) is 66.4 cm³/mol. The Balaban J connectivity index is 1.87. The number of thiophene rings is 1. The Hall–Kier alpha value is -0.380. The molecule has 3 heteroatoms. The summed E-state index contributed by atoms with van der Waals surface area (Å²) in [4.78, 5) is 4.18. The topological polar surface area (TPSA) is 15.3 Å². The van der Waals surface area contributed by atoms with Gasteiger partial charge in [0.1, 0.15) is 0 Å². The standard InChI is InChI=1S/C12H20N2S/c1-10(7-13-2)8-14-5-3-12-11(9-14)4-6-15-12/h4,6,10,13H,3,5,7-9H2,1-2H3. The molecule has 1 aromatic rings. The van der Waals surface area contributed by atoms with Gasteiger partial charge in [0.2, 0.25) is 0 Å². The molecule has 2 heterocycles. The van der Waals surface area contributed by atoms with E-state index >= 15 is 0 Å². The van der Waals surface area contributed by atoms with Gasteiger partial charge in [-0.05, 0) is 42.9 Å². The molecule has 0 radical (unpaired) electrons. The van der Waals surface area contributed by atoms with E-state index in [-0.39, 0.29) is 0 Å². The molecule has 1 atom stereocenters. The zero-order chi connectivity index (χ0) is 10.7. The van der Waals surface area contributed by atoms with Crippen LogP contribution < -0.4 is 5.32 Å². The first-order valence-corrected chi connectivity index (χ1v) is 6.59. The Labute approximate surface area is 96.3 Å². The van der Waals surface area contributed by atoms with Gasteiger partial charge in [-0.25, -0.2) is 0 Å². The molecule has 2 rings (SSSR count). The Morgan fingerprint density at radius 2 is 2.47 bits per heavy atom. The molecule has 1 aliphatic heterocycles. The lowest BCUT2D eigenvalue weighted by molar-refractivity contribution is 0.220. The van der Waals surface area contributed by atoms with Crippen LogP contribution in [0.15, 0.2) is 11.4 Å². The van der Waals surface area contributed by atoms with Gasteiger partial charge in [0, 0.05) is 24.5 Å². The highest BCUT2D eigenvalue weighted by atomic mass is 32.1. The minimum absolute atomic E-state index is 0.746. The summed E-state index contributed by atoms with van der Waals surface area (Å²) in [7, 11) is 2.03. The Kier molecular flexibility index (Phi) is 3.78. The molecular weight excluding hydrogens is 204 g/mol. The van der Waals surface area contributed by atoms with Crippen LogP contribution >= 0.6 is 11.3 Å². The van der Waals surface area contributed by atoms with Crippen LogP contribution in [0.25, 0.3) is 0 Å². The van der Waals surface area contributed by atoms with Crippen LogP contribution in [0, 0.1) is 5.92 Å². The number of rotatable bonds is 4. The smallest absolute Gasteiger partial charge is 0.0245 e. The molecular formula is C12H20N2S. The van der Waals surface area contributed by atoms with E-state index in [1.54, 1.807) is 10.4 Å². The largest absolute Gasteiger partial charge is 0.319 e. The van der Waals surface area contributed by atoms with Crippen molar-refractivity contribution >= 4 is 11.3 Å². The van der Waals surface area contributed by atoms with Gasteiger partial charge < -0.3 is 5.32 Å². The van der Waals surface area contributed by atoms with Gasteiger partial charge >= 0.3 is 0 Å². The van der Waals surface area contributed by atoms with Crippen molar-refractivity contribution < 1.29 is 0 Å². The third-order valence-electron chi connectivity index (χ3n) is 3.01. The summed E-state index contributed by atoms with van der Waals surface area (Å²) < 4.78 is 0. The normalized spacial score (nSPS) is 18.8. The van der Waals surface area contributed by atoms with Crippen molar-refractivity contribution in [1.29, 1.82) is 0 Å². The molecule has 1 unspecified atom stereocenters. The minimum Gasteiger partial charge on any atom is -0.319 e. The van der Waals surface area contributed by atoms with Gasteiger partial charge in [0.25, 0.3) is 0 Å². The SMILES string of the molecule is CNCC(C)CN1CCc2sccc2C1. The molecule has 0 aromatic carbocycles. The number of fused-ring (bicyclic) bond motifs is 1. The molecule has 1 aliphatic rings. The predicted octanol–water partition coefficient (Wildman–Crippen LogP) is 1.96. The summed E-state index contributed by atoms with van der Waals surface area (Å²) in [6.07, 6.45) is 1.25. The first-order valence-electron chi connectivity index (χ1n) is 5.72. The van der Waals surface area contributed by atoms with Gasteiger partial charge in [0.05, 0.1) is 0 Å². The van der Waals surface area contributed by atoms with Gasteiger partial charge in [0.15, 0.2) is 0 Å². The van der Waals surface area contributed by atoms with Crippen LogP contribution in [0.3, 0.4) is 0 Å². The number of nitrogens with zero attached hydrogens (tertiary/aromatic N) is 1. The fourth-order valence-electron chi connectivity index (χ4n) is 2.32. The van der Waals surface area contributed by atoms with E-state index in [1.165, 1.54) is 19.5 Å². The van der Waals surface area contributed by atoms with Gasteiger partial charge in [-0.2, -0.15) is 0 Å². The Bertz CT molecular complexity index is 308. The van der Waals surface area contributed by atoms with E-state index in [1.807, 2.05) is 18.4 Å². The van der Waals surface area contributed by atoms with E-state index in [0.717, 1.165) is 19.0 Å². The second-order valence-electron chi connectivity index (χ2n) is 4.52. The molecule has 0 amide bonds. The average Bonchev–Trinajstić information content (AvgIpc) is 2.65. The first-order chi connectivity index (χ1) is 7.29. The number of nitrogens with one attached hydrogen (secondary N) is 1. The van der Waals surface area contributed by atoms with Crippen LogP contribution in [0.4, 0.5) is 0 Å². The number of hydrogen-bond acceptors (Lipinski definition) is 3. The molecule has 0 bridgehead atoms. The highest BCUT2D eigenvalue weighted by Gasteiger charge is 2.18. The first kappa shape index (κ1) is 11.1. The minimum atomic E-state index is 0.746. The maximum atomic E-state index is 3.25. The molecule has 2 nitrogen and oxygen atoms in total. The van der Waals surface area contributed by atoms with Gasteiger partial charge in [-0.3, -0.25) is 4.90 Å². The van der Waals surface area contributed by atoms with E-state index in [4.69, 9.17) is 0 Å². The van der Waals surface area contributed by atoms with Crippen LogP contribution in [-0.4, -0.2) is 31.6 Å². The van der Waals surface area contributed by atoms with Crippen molar-refractivity contribution in [2.24, 2.45) is 5.92 Å². The van der Waals surface area contributed by atoms with Crippen molar-refractivity contribution in [3.63, 3.8) is 0 Å². The third kappa shape index (κ3) is 2.80. The molecule has 1 N–H and O–H groups in total. The summed E-state index contributed by atoms with van der Waals surface area (Å²) in [5.74, 6) is 0.746. The second-order valence-corrected chi connectivity index (χ2v) is 5.52. The van der Waals surface area contributed by atoms with Crippen molar-refractivity contribution in [3.8, 4) is 0 Å². The van der Waals surface area contributed by atoms with Crippen LogP contribution in [0.5, 0.6) is 0 Å². The lowest BCUT2D eigenvalue weighted by Gasteiger charge is -2.29. The maximum Gasteiger partial charge on any atom is 0.0245 e. The Morgan fingerprint density at radius 3 is 3.27 bits per heavy atom. The molecule has 1 aromatic heterocycles. The summed E-state index contributed by atoms with van der Waals surface area (Å²) in [6.45, 7) is 7.05. The number of hydrogen-bond donors (Lipinski definition) is 1. The zero-order valence-corrected chi connectivity index (χ0v) is 10.4. The zero-order valence-electron chi connectivity index (χ0n) is 9.62. The van der Waals surface area contributed by atoms with Crippen molar-refractivity contribution in [2.75, 3.05) is 26.7 Å². The molecule has 0 aliphatic carbocycles. The van der Waals surface area contributed by atoms with Crippen molar-refractivity contribution in [1.82, 2.24) is 10.2 Å². The van der Waals surface area contributed by atoms with Gasteiger partial charge in [-0.1, -0.05) is 6.92 Å². The van der Waals surface area contributed by atoms with E-state index in [9.17, 15) is 0 Å². The van der Waals surface area contributed by atoms with Crippen molar-refractivity contribution in [3.05, 3.63) is 21.9 Å². The quantitative estimate of drug-likeness (QED) is 0.841. The van der Waals surface area contributed by atoms with E-state index < -0.39 is 0 Å².